The molecule has 1 aromatic heterocycles. The van der Waals surface area contributed by atoms with E-state index in [-0.39, 0.29) is 0 Å². The predicted octanol–water partition coefficient (Wildman–Crippen LogP) is 0.693. The lowest BCUT2D eigenvalue weighted by atomic mass is 10.1. The van der Waals surface area contributed by atoms with Gasteiger partial charge in [-0.15, -0.1) is 0 Å². The largest absolute Gasteiger partial charge is 0.381 e. The third-order valence-corrected chi connectivity index (χ3v) is 3.05. The Bertz CT molecular complexity index is 561. The van der Waals surface area contributed by atoms with Crippen molar-refractivity contribution in [2.24, 2.45) is 0 Å². The third-order valence-electron chi connectivity index (χ3n) is 2.12. The van der Waals surface area contributed by atoms with Gasteiger partial charge in [-0.25, -0.2) is 13.1 Å². The molecule has 0 aromatic carbocycles. The molecule has 0 atom stereocenters. The number of pyridine rings is 1. The van der Waals surface area contributed by atoms with Crippen molar-refractivity contribution in [3.05, 3.63) is 24.0 Å². The van der Waals surface area contributed by atoms with Crippen molar-refractivity contribution < 1.29 is 8.42 Å². The standard InChI is InChI=1S/C11H16N4O2S/c1-11(2,15-18(3,16)17)8-14-10-7-13-5-4-9(10)6-12/h4-5,7,14-15H,8H2,1-3H3. The van der Waals surface area contributed by atoms with E-state index in [0.717, 1.165) is 6.26 Å². The van der Waals surface area contributed by atoms with Gasteiger partial charge in [0.05, 0.1) is 23.7 Å². The summed E-state index contributed by atoms with van der Waals surface area (Å²) in [6.07, 6.45) is 4.18. The zero-order valence-electron chi connectivity index (χ0n) is 10.6. The molecule has 2 N–H and O–H groups in total. The number of anilines is 1. The maximum absolute atomic E-state index is 11.2. The van der Waals surface area contributed by atoms with E-state index < -0.39 is 15.6 Å². The Morgan fingerprint density at radius 2 is 2.17 bits per heavy atom. The van der Waals surface area contributed by atoms with Gasteiger partial charge < -0.3 is 5.32 Å². The van der Waals surface area contributed by atoms with Crippen molar-refractivity contribution in [2.75, 3.05) is 18.1 Å². The molecule has 7 heteroatoms. The first-order chi connectivity index (χ1) is 8.23. The summed E-state index contributed by atoms with van der Waals surface area (Å²) in [7, 11) is -3.27. The van der Waals surface area contributed by atoms with E-state index in [1.165, 1.54) is 12.4 Å². The molecule has 0 aliphatic carbocycles. The molecule has 1 aromatic rings. The van der Waals surface area contributed by atoms with E-state index in [2.05, 4.69) is 15.0 Å². The first-order valence-corrected chi connectivity index (χ1v) is 7.19. The van der Waals surface area contributed by atoms with Crippen LogP contribution in [0.2, 0.25) is 0 Å². The molecule has 98 valence electrons. The molecular weight excluding hydrogens is 252 g/mol. The Kier molecular flexibility index (Phi) is 4.27. The molecule has 0 spiro atoms. The van der Waals surface area contributed by atoms with E-state index in [4.69, 9.17) is 5.26 Å². The Balaban J connectivity index is 2.74. The van der Waals surface area contributed by atoms with Crippen molar-refractivity contribution in [3.63, 3.8) is 0 Å². The van der Waals surface area contributed by atoms with Crippen LogP contribution in [0.3, 0.4) is 0 Å². The van der Waals surface area contributed by atoms with Gasteiger partial charge in [-0.05, 0) is 19.9 Å². The van der Waals surface area contributed by atoms with Crippen LogP contribution in [0, 0.1) is 11.3 Å². The summed E-state index contributed by atoms with van der Waals surface area (Å²) in [5.74, 6) is 0. The molecule has 6 nitrogen and oxygen atoms in total. The average Bonchev–Trinajstić information content (AvgIpc) is 2.23. The second-order valence-electron chi connectivity index (χ2n) is 4.64. The summed E-state index contributed by atoms with van der Waals surface area (Å²) in [6.45, 7) is 3.85. The highest BCUT2D eigenvalue weighted by molar-refractivity contribution is 7.88. The lowest BCUT2D eigenvalue weighted by molar-refractivity contribution is 0.476. The molecule has 0 saturated carbocycles. The van der Waals surface area contributed by atoms with Crippen molar-refractivity contribution in [2.45, 2.75) is 19.4 Å². The molecule has 0 saturated heterocycles. The Morgan fingerprint density at radius 3 is 2.72 bits per heavy atom. The monoisotopic (exact) mass is 268 g/mol. The van der Waals surface area contributed by atoms with Gasteiger partial charge in [0.25, 0.3) is 0 Å². The van der Waals surface area contributed by atoms with Gasteiger partial charge in [0.2, 0.25) is 10.0 Å². The van der Waals surface area contributed by atoms with Crippen LogP contribution in [-0.4, -0.2) is 31.7 Å². The highest BCUT2D eigenvalue weighted by Crippen LogP contribution is 2.13. The topological polar surface area (TPSA) is 94.9 Å². The van der Waals surface area contributed by atoms with Crippen molar-refractivity contribution >= 4 is 15.7 Å². The van der Waals surface area contributed by atoms with Gasteiger partial charge in [-0.2, -0.15) is 5.26 Å². The Labute approximate surface area is 107 Å². The number of hydrogen-bond donors (Lipinski definition) is 2. The molecule has 0 amide bonds. The van der Waals surface area contributed by atoms with Crippen LogP contribution in [0.4, 0.5) is 5.69 Å². The van der Waals surface area contributed by atoms with Gasteiger partial charge in [0, 0.05) is 18.3 Å². The summed E-state index contributed by atoms with van der Waals surface area (Å²) < 4.78 is 24.9. The molecule has 0 aliphatic rings. The zero-order chi connectivity index (χ0) is 13.8. The van der Waals surface area contributed by atoms with Crippen LogP contribution in [0.25, 0.3) is 0 Å². The van der Waals surface area contributed by atoms with Crippen LogP contribution in [0.1, 0.15) is 19.4 Å². The van der Waals surface area contributed by atoms with E-state index >= 15 is 0 Å². The lowest BCUT2D eigenvalue weighted by Crippen LogP contribution is -2.47. The SMILES string of the molecule is CC(C)(CNc1cnccc1C#N)NS(C)(=O)=O. The Morgan fingerprint density at radius 1 is 1.50 bits per heavy atom. The highest BCUT2D eigenvalue weighted by Gasteiger charge is 2.22. The first-order valence-electron chi connectivity index (χ1n) is 5.30. The van der Waals surface area contributed by atoms with Gasteiger partial charge in [-0.3, -0.25) is 4.98 Å². The maximum atomic E-state index is 11.2. The summed E-state index contributed by atoms with van der Waals surface area (Å²) in [6, 6.07) is 3.64. The molecule has 0 radical (unpaired) electrons. The fourth-order valence-electron chi connectivity index (χ4n) is 1.49. The quantitative estimate of drug-likeness (QED) is 0.819. The summed E-state index contributed by atoms with van der Waals surface area (Å²) in [4.78, 5) is 3.92. The second-order valence-corrected chi connectivity index (χ2v) is 6.39. The minimum atomic E-state index is -3.27. The zero-order valence-corrected chi connectivity index (χ0v) is 11.4. The predicted molar refractivity (Wildman–Crippen MR) is 69.5 cm³/mol. The van der Waals surface area contributed by atoms with Gasteiger partial charge in [-0.1, -0.05) is 0 Å². The molecule has 1 heterocycles. The molecule has 0 fully saturated rings. The molecule has 18 heavy (non-hydrogen) atoms. The van der Waals surface area contributed by atoms with E-state index in [9.17, 15) is 8.42 Å². The number of nitrogens with one attached hydrogen (secondary N) is 2. The number of sulfonamides is 1. The Hall–Kier alpha value is -1.65. The van der Waals surface area contributed by atoms with Crippen molar-refractivity contribution in [1.82, 2.24) is 9.71 Å². The molecule has 0 unspecified atom stereocenters. The van der Waals surface area contributed by atoms with Crippen LogP contribution < -0.4 is 10.0 Å². The minimum Gasteiger partial charge on any atom is -0.381 e. The van der Waals surface area contributed by atoms with E-state index in [0.29, 0.717) is 17.8 Å². The molecule has 0 bridgehead atoms. The summed E-state index contributed by atoms with van der Waals surface area (Å²) in [5, 5.41) is 11.9. The van der Waals surface area contributed by atoms with Gasteiger partial charge >= 0.3 is 0 Å². The summed E-state index contributed by atoms with van der Waals surface area (Å²) in [5.41, 5.74) is 0.402. The van der Waals surface area contributed by atoms with Crippen LogP contribution in [0.5, 0.6) is 0 Å². The molecular formula is C11H16N4O2S. The smallest absolute Gasteiger partial charge is 0.209 e. The second kappa shape index (κ2) is 5.33. The number of rotatable bonds is 5. The fraction of sp³-hybridized carbons (Fsp3) is 0.455. The van der Waals surface area contributed by atoms with E-state index in [1.807, 2.05) is 6.07 Å². The van der Waals surface area contributed by atoms with E-state index in [1.54, 1.807) is 19.9 Å². The van der Waals surface area contributed by atoms with Gasteiger partial charge in [0.15, 0.2) is 0 Å². The number of hydrogen-bond acceptors (Lipinski definition) is 5. The van der Waals surface area contributed by atoms with Crippen molar-refractivity contribution in [1.29, 1.82) is 5.26 Å². The number of aromatic nitrogens is 1. The molecule has 1 rings (SSSR count). The molecule has 0 aliphatic heterocycles. The van der Waals surface area contributed by atoms with Crippen molar-refractivity contribution in [3.8, 4) is 6.07 Å². The highest BCUT2D eigenvalue weighted by atomic mass is 32.2. The minimum absolute atomic E-state index is 0.348. The number of nitriles is 1. The van der Waals surface area contributed by atoms with Crippen LogP contribution >= 0.6 is 0 Å². The normalized spacial score (nSPS) is 11.9. The van der Waals surface area contributed by atoms with Crippen LogP contribution in [-0.2, 0) is 10.0 Å². The third kappa shape index (κ3) is 4.69. The maximum Gasteiger partial charge on any atom is 0.209 e. The van der Waals surface area contributed by atoms with Crippen LogP contribution in [0.15, 0.2) is 18.5 Å². The first kappa shape index (κ1) is 14.4. The fourth-order valence-corrected chi connectivity index (χ4v) is 2.56. The summed E-state index contributed by atoms with van der Waals surface area (Å²) >= 11 is 0. The lowest BCUT2D eigenvalue weighted by Gasteiger charge is -2.25. The number of nitrogens with zero attached hydrogens (tertiary/aromatic N) is 2. The average molecular weight is 268 g/mol. The van der Waals surface area contributed by atoms with Gasteiger partial charge in [0.1, 0.15) is 6.07 Å².